The van der Waals surface area contributed by atoms with Crippen molar-refractivity contribution in [3.8, 4) is 0 Å². The summed E-state index contributed by atoms with van der Waals surface area (Å²) in [4.78, 5) is 13.9. The van der Waals surface area contributed by atoms with Gasteiger partial charge in [-0.2, -0.15) is 0 Å². The molecule has 1 aliphatic heterocycles. The van der Waals surface area contributed by atoms with Gasteiger partial charge >= 0.3 is 5.97 Å². The van der Waals surface area contributed by atoms with Gasteiger partial charge in [-0.25, -0.2) is 4.79 Å². The Labute approximate surface area is 153 Å². The first-order valence-corrected chi connectivity index (χ1v) is 7.99. The monoisotopic (exact) mass is 363 g/mol. The second-order valence-corrected chi connectivity index (χ2v) is 6.15. The van der Waals surface area contributed by atoms with Crippen LogP contribution >= 0.6 is 24.0 Å². The van der Waals surface area contributed by atoms with Gasteiger partial charge in [-0.05, 0) is 35.3 Å². The van der Waals surface area contributed by atoms with E-state index in [-0.39, 0.29) is 12.4 Å². The van der Waals surface area contributed by atoms with Gasteiger partial charge in [0.05, 0.1) is 0 Å². The van der Waals surface area contributed by atoms with E-state index in [0.717, 1.165) is 24.2 Å². The van der Waals surface area contributed by atoms with Crippen molar-refractivity contribution in [2.45, 2.75) is 13.0 Å². The molecule has 2 aromatic carbocycles. The van der Waals surface area contributed by atoms with Gasteiger partial charge in [0.25, 0.3) is 0 Å². The van der Waals surface area contributed by atoms with Crippen LogP contribution in [0.3, 0.4) is 0 Å². The van der Waals surface area contributed by atoms with E-state index >= 15 is 0 Å². The number of carboxylic acids is 1. The van der Waals surface area contributed by atoms with Crippen LogP contribution in [-0.4, -0.2) is 29.1 Å². The Bertz CT molecular complexity index is 727. The molecule has 0 fully saturated rings. The predicted octanol–water partition coefficient (Wildman–Crippen LogP) is 4.51. The molecule has 0 aliphatic carbocycles. The summed E-state index contributed by atoms with van der Waals surface area (Å²) in [6.45, 7) is 2.22. The average molecular weight is 364 g/mol. The zero-order valence-corrected chi connectivity index (χ0v) is 14.7. The minimum absolute atomic E-state index is 0. The topological polar surface area (TPSA) is 40.5 Å². The van der Waals surface area contributed by atoms with Crippen molar-refractivity contribution in [3.63, 3.8) is 0 Å². The Hall–Kier alpha value is -1.81. The van der Waals surface area contributed by atoms with Crippen LogP contribution in [0.1, 0.15) is 17.5 Å². The van der Waals surface area contributed by atoms with E-state index in [1.54, 1.807) is 12.1 Å². The summed E-state index contributed by atoms with van der Waals surface area (Å²) in [5.74, 6) is -0.825. The molecule has 24 heavy (non-hydrogen) atoms. The molecule has 1 heterocycles. The lowest BCUT2D eigenvalue weighted by Gasteiger charge is -2.30. The fraction of sp³-hybridized carbons (Fsp3) is 0.211. The van der Waals surface area contributed by atoms with Crippen LogP contribution in [0, 0.1) is 0 Å². The van der Waals surface area contributed by atoms with Gasteiger partial charge in [0.2, 0.25) is 0 Å². The molecule has 1 aliphatic rings. The molecule has 0 saturated heterocycles. The van der Waals surface area contributed by atoms with Crippen molar-refractivity contribution in [2.24, 2.45) is 0 Å². The molecule has 3 nitrogen and oxygen atoms in total. The molecule has 0 aromatic heterocycles. The number of hydrogen-bond acceptors (Lipinski definition) is 2. The van der Waals surface area contributed by atoms with Crippen LogP contribution in [0.5, 0.6) is 0 Å². The maximum Gasteiger partial charge on any atom is 0.331 e. The maximum absolute atomic E-state index is 11.6. The minimum Gasteiger partial charge on any atom is -0.478 e. The molecule has 126 valence electrons. The summed E-state index contributed by atoms with van der Waals surface area (Å²) in [6.07, 6.45) is 0.556. The van der Waals surface area contributed by atoms with Crippen molar-refractivity contribution in [1.29, 1.82) is 0 Å². The van der Waals surface area contributed by atoms with Crippen LogP contribution in [0.15, 0.2) is 60.2 Å². The van der Waals surface area contributed by atoms with Crippen molar-refractivity contribution in [1.82, 2.24) is 4.90 Å². The minimum atomic E-state index is -0.825. The van der Waals surface area contributed by atoms with Crippen LogP contribution < -0.4 is 0 Å². The van der Waals surface area contributed by atoms with Gasteiger partial charge in [-0.15, -0.1) is 12.4 Å². The van der Waals surface area contributed by atoms with E-state index in [2.05, 4.69) is 17.0 Å². The summed E-state index contributed by atoms with van der Waals surface area (Å²) in [5.41, 5.74) is 3.57. The number of halogens is 2. The molecule has 2 aromatic rings. The number of aliphatic carboxylic acids is 1. The molecule has 0 saturated carbocycles. The zero-order chi connectivity index (χ0) is 16.2. The molecular formula is C19H19Cl2NO2. The number of carbonyl (C=O) groups is 1. The summed E-state index contributed by atoms with van der Waals surface area (Å²) >= 11 is 5.94. The number of carboxylic acid groups (broad SMARTS) is 1. The standard InChI is InChI=1S/C19H18ClNO2.ClH/c20-16-8-6-15(7-9-16)18-13-21(11-10-17(18)19(22)23)12-14-4-2-1-3-5-14;/h1-9H,10-13H2,(H,22,23);1H. The van der Waals surface area contributed by atoms with E-state index < -0.39 is 5.97 Å². The van der Waals surface area contributed by atoms with E-state index in [4.69, 9.17) is 11.6 Å². The molecule has 0 unspecified atom stereocenters. The highest BCUT2D eigenvalue weighted by molar-refractivity contribution is 6.30. The first-order chi connectivity index (χ1) is 11.1. The van der Waals surface area contributed by atoms with Crippen molar-refractivity contribution < 1.29 is 9.90 Å². The van der Waals surface area contributed by atoms with Crippen LogP contribution in [0.2, 0.25) is 5.02 Å². The Balaban J connectivity index is 0.00000208. The third-order valence-electron chi connectivity index (χ3n) is 4.12. The highest BCUT2D eigenvalue weighted by Crippen LogP contribution is 2.28. The van der Waals surface area contributed by atoms with Crippen molar-refractivity contribution >= 4 is 35.6 Å². The summed E-state index contributed by atoms with van der Waals surface area (Å²) in [5, 5.41) is 10.2. The number of nitrogens with zero attached hydrogens (tertiary/aromatic N) is 1. The van der Waals surface area contributed by atoms with Crippen LogP contribution in [0.25, 0.3) is 5.57 Å². The van der Waals surface area contributed by atoms with Gasteiger partial charge in [-0.1, -0.05) is 54.1 Å². The first-order valence-electron chi connectivity index (χ1n) is 7.61. The molecule has 0 spiro atoms. The van der Waals surface area contributed by atoms with E-state index in [0.29, 0.717) is 23.6 Å². The smallest absolute Gasteiger partial charge is 0.331 e. The third-order valence-corrected chi connectivity index (χ3v) is 4.38. The molecule has 3 rings (SSSR count). The molecule has 1 N–H and O–H groups in total. The third kappa shape index (κ3) is 4.38. The largest absolute Gasteiger partial charge is 0.478 e. The summed E-state index contributed by atoms with van der Waals surface area (Å²) in [6, 6.07) is 17.6. The lowest BCUT2D eigenvalue weighted by molar-refractivity contribution is -0.132. The van der Waals surface area contributed by atoms with Crippen LogP contribution in [0.4, 0.5) is 0 Å². The number of hydrogen-bond donors (Lipinski definition) is 1. The summed E-state index contributed by atoms with van der Waals surface area (Å²) < 4.78 is 0. The lowest BCUT2D eigenvalue weighted by atomic mass is 9.93. The fourth-order valence-electron chi connectivity index (χ4n) is 2.95. The lowest BCUT2D eigenvalue weighted by Crippen LogP contribution is -2.32. The van der Waals surface area contributed by atoms with Gasteiger partial charge in [0.1, 0.15) is 0 Å². The van der Waals surface area contributed by atoms with Crippen LogP contribution in [-0.2, 0) is 11.3 Å². The van der Waals surface area contributed by atoms with E-state index in [9.17, 15) is 9.90 Å². The first kappa shape index (κ1) is 18.5. The van der Waals surface area contributed by atoms with Gasteiger partial charge < -0.3 is 5.11 Å². The number of rotatable bonds is 4. The zero-order valence-electron chi connectivity index (χ0n) is 13.1. The van der Waals surface area contributed by atoms with Crippen molar-refractivity contribution in [2.75, 3.05) is 13.1 Å². The molecule has 0 bridgehead atoms. The maximum atomic E-state index is 11.6. The van der Waals surface area contributed by atoms with Gasteiger partial charge in [0.15, 0.2) is 0 Å². The SMILES string of the molecule is Cl.O=C(O)C1=C(c2ccc(Cl)cc2)CN(Cc2ccccc2)CC1. The Morgan fingerprint density at radius 2 is 1.75 bits per heavy atom. The fourth-order valence-corrected chi connectivity index (χ4v) is 3.07. The van der Waals surface area contributed by atoms with E-state index in [1.165, 1.54) is 5.56 Å². The Morgan fingerprint density at radius 3 is 2.38 bits per heavy atom. The molecule has 0 radical (unpaired) electrons. The van der Waals surface area contributed by atoms with Gasteiger partial charge in [0, 0.05) is 30.2 Å². The Kier molecular flexibility index (Phi) is 6.44. The van der Waals surface area contributed by atoms with Gasteiger partial charge in [-0.3, -0.25) is 4.90 Å². The molecule has 0 atom stereocenters. The summed E-state index contributed by atoms with van der Waals surface area (Å²) in [7, 11) is 0. The predicted molar refractivity (Wildman–Crippen MR) is 99.6 cm³/mol. The highest BCUT2D eigenvalue weighted by atomic mass is 35.5. The molecular weight excluding hydrogens is 345 g/mol. The second kappa shape index (κ2) is 8.34. The highest BCUT2D eigenvalue weighted by Gasteiger charge is 2.24. The second-order valence-electron chi connectivity index (χ2n) is 5.72. The van der Waals surface area contributed by atoms with Crippen molar-refractivity contribution in [3.05, 3.63) is 76.3 Å². The molecule has 5 heteroatoms. The molecule has 0 amide bonds. The quantitative estimate of drug-likeness (QED) is 0.868. The Morgan fingerprint density at radius 1 is 1.08 bits per heavy atom. The average Bonchev–Trinajstić information content (AvgIpc) is 2.56. The number of benzene rings is 2. The normalized spacial score (nSPS) is 15.0. The van der Waals surface area contributed by atoms with E-state index in [1.807, 2.05) is 30.3 Å².